The molecule has 7 nitrogen and oxygen atoms in total. The fraction of sp³-hybridized carbons (Fsp3) is 0.421. The number of rotatable bonds is 7. The second kappa shape index (κ2) is 8.05. The van der Waals surface area contributed by atoms with Crippen molar-refractivity contribution in [3.05, 3.63) is 36.2 Å². The summed E-state index contributed by atoms with van der Waals surface area (Å²) in [5.74, 6) is -0.492. The van der Waals surface area contributed by atoms with Crippen LogP contribution in [-0.4, -0.2) is 44.9 Å². The number of halogens is 2. The molecule has 0 aliphatic rings. The van der Waals surface area contributed by atoms with Crippen LogP contribution in [0.2, 0.25) is 0 Å². The summed E-state index contributed by atoms with van der Waals surface area (Å²) in [5.41, 5.74) is 1.07. The van der Waals surface area contributed by atoms with Crippen LogP contribution in [-0.2, 0) is 0 Å². The van der Waals surface area contributed by atoms with Crippen LogP contribution in [0.4, 0.5) is 26.2 Å². The fourth-order valence-corrected chi connectivity index (χ4v) is 3.00. The summed E-state index contributed by atoms with van der Waals surface area (Å²) in [7, 11) is 1.60. The van der Waals surface area contributed by atoms with E-state index in [1.807, 2.05) is 25.3 Å². The van der Waals surface area contributed by atoms with Gasteiger partial charge in [-0.1, -0.05) is 6.92 Å². The van der Waals surface area contributed by atoms with E-state index < -0.39 is 11.6 Å². The van der Waals surface area contributed by atoms with Gasteiger partial charge in [0.25, 0.3) is 0 Å². The Morgan fingerprint density at radius 1 is 1.21 bits per heavy atom. The summed E-state index contributed by atoms with van der Waals surface area (Å²) >= 11 is 0. The Hall–Kier alpha value is -2.81. The topological polar surface area (TPSA) is 70.3 Å². The Morgan fingerprint density at radius 3 is 2.61 bits per heavy atom. The van der Waals surface area contributed by atoms with Crippen molar-refractivity contribution in [2.24, 2.45) is 0 Å². The van der Waals surface area contributed by atoms with E-state index in [4.69, 9.17) is 0 Å². The Bertz CT molecular complexity index is 974. The largest absolute Gasteiger partial charge is 0.376 e. The number of benzene rings is 1. The highest BCUT2D eigenvalue weighted by atomic mass is 19.1. The lowest BCUT2D eigenvalue weighted by Gasteiger charge is -2.24. The minimum atomic E-state index is -0.576. The lowest BCUT2D eigenvalue weighted by atomic mass is 10.2. The Morgan fingerprint density at radius 2 is 1.96 bits per heavy atom. The zero-order valence-electron chi connectivity index (χ0n) is 16.4. The summed E-state index contributed by atoms with van der Waals surface area (Å²) in [6.45, 7) is 6.26. The number of nitrogens with zero attached hydrogens (tertiary/aromatic N) is 6. The molecule has 0 saturated carbocycles. The van der Waals surface area contributed by atoms with Gasteiger partial charge in [-0.2, -0.15) is 9.97 Å². The van der Waals surface area contributed by atoms with Gasteiger partial charge in [0.05, 0.1) is 12.0 Å². The number of hydrogen-bond donors (Lipinski definition) is 1. The minimum absolute atomic E-state index is 0.0380. The van der Waals surface area contributed by atoms with E-state index in [0.717, 1.165) is 24.6 Å². The third-order valence-corrected chi connectivity index (χ3v) is 4.48. The van der Waals surface area contributed by atoms with Gasteiger partial charge < -0.3 is 19.5 Å². The van der Waals surface area contributed by atoms with Gasteiger partial charge in [0.2, 0.25) is 5.95 Å². The van der Waals surface area contributed by atoms with Crippen molar-refractivity contribution in [2.75, 3.05) is 30.1 Å². The molecule has 0 aliphatic heterocycles. The van der Waals surface area contributed by atoms with Crippen molar-refractivity contribution in [1.29, 1.82) is 0 Å². The van der Waals surface area contributed by atoms with Crippen molar-refractivity contribution in [1.82, 2.24) is 19.5 Å². The maximum absolute atomic E-state index is 14.4. The Balaban J connectivity index is 2.23. The first-order chi connectivity index (χ1) is 13.4. The van der Waals surface area contributed by atoms with E-state index in [-0.39, 0.29) is 18.5 Å². The second-order valence-corrected chi connectivity index (χ2v) is 6.82. The number of imidazole rings is 1. The molecular weight excluding hydrogens is 366 g/mol. The first-order valence-electron chi connectivity index (χ1n) is 9.16. The van der Waals surface area contributed by atoms with Crippen LogP contribution >= 0.6 is 0 Å². The van der Waals surface area contributed by atoms with Gasteiger partial charge in [0, 0.05) is 25.7 Å². The molecule has 1 N–H and O–H groups in total. The third-order valence-electron chi connectivity index (χ3n) is 4.48. The van der Waals surface area contributed by atoms with Crippen LogP contribution in [0.1, 0.15) is 33.2 Å². The molecule has 9 heteroatoms. The predicted octanol–water partition coefficient (Wildman–Crippen LogP) is 3.62. The molecule has 3 aromatic rings. The monoisotopic (exact) mass is 390 g/mol. The minimum Gasteiger partial charge on any atom is -0.376 e. The fourth-order valence-electron chi connectivity index (χ4n) is 3.00. The highest BCUT2D eigenvalue weighted by molar-refractivity contribution is 5.87. The number of anilines is 3. The van der Waals surface area contributed by atoms with Gasteiger partial charge in [-0.15, -0.1) is 0 Å². The number of aromatic nitrogens is 4. The van der Waals surface area contributed by atoms with E-state index in [1.165, 1.54) is 4.90 Å². The van der Waals surface area contributed by atoms with E-state index in [0.29, 0.717) is 29.5 Å². The SMILES string of the molecule is CCCN(CO)c1nc(N(C)c2cc(F)ccc2F)c2ncn(C(C)C)c2n1. The predicted molar refractivity (Wildman–Crippen MR) is 105 cm³/mol. The molecule has 150 valence electrons. The summed E-state index contributed by atoms with van der Waals surface area (Å²) < 4.78 is 30.0. The highest BCUT2D eigenvalue weighted by Gasteiger charge is 2.22. The average molecular weight is 390 g/mol. The van der Waals surface area contributed by atoms with E-state index in [1.54, 1.807) is 18.3 Å². The number of hydrogen-bond acceptors (Lipinski definition) is 6. The molecular formula is C19H24F2N6O. The maximum atomic E-state index is 14.4. The maximum Gasteiger partial charge on any atom is 0.231 e. The molecule has 28 heavy (non-hydrogen) atoms. The van der Waals surface area contributed by atoms with Crippen molar-refractivity contribution < 1.29 is 13.9 Å². The van der Waals surface area contributed by atoms with Crippen LogP contribution in [0.25, 0.3) is 11.2 Å². The zero-order chi connectivity index (χ0) is 20.4. The van der Waals surface area contributed by atoms with E-state index in [2.05, 4.69) is 15.0 Å². The molecule has 0 spiro atoms. The molecule has 0 atom stereocenters. The second-order valence-electron chi connectivity index (χ2n) is 6.82. The van der Waals surface area contributed by atoms with Gasteiger partial charge in [0.1, 0.15) is 18.4 Å². The van der Waals surface area contributed by atoms with Crippen molar-refractivity contribution in [2.45, 2.75) is 33.2 Å². The first kappa shape index (κ1) is 19.9. The van der Waals surface area contributed by atoms with E-state index in [9.17, 15) is 13.9 Å². The van der Waals surface area contributed by atoms with Gasteiger partial charge >= 0.3 is 0 Å². The first-order valence-corrected chi connectivity index (χ1v) is 9.16. The molecule has 3 rings (SSSR count). The molecule has 1 aromatic carbocycles. The van der Waals surface area contributed by atoms with Crippen LogP contribution in [0.5, 0.6) is 0 Å². The molecule has 0 saturated heterocycles. The molecule has 0 radical (unpaired) electrons. The zero-order valence-corrected chi connectivity index (χ0v) is 16.4. The van der Waals surface area contributed by atoms with Crippen LogP contribution in [0, 0.1) is 11.6 Å². The van der Waals surface area contributed by atoms with E-state index >= 15 is 0 Å². The molecule has 0 amide bonds. The molecule has 0 fully saturated rings. The average Bonchev–Trinajstić information content (AvgIpc) is 3.11. The van der Waals surface area contributed by atoms with Gasteiger partial charge in [0.15, 0.2) is 17.0 Å². The highest BCUT2D eigenvalue weighted by Crippen LogP contribution is 2.32. The Kier molecular flexibility index (Phi) is 5.73. The normalized spacial score (nSPS) is 11.4. The molecule has 0 bridgehead atoms. The third kappa shape index (κ3) is 3.62. The summed E-state index contributed by atoms with van der Waals surface area (Å²) in [5, 5.41) is 9.74. The number of fused-ring (bicyclic) bond motifs is 1. The van der Waals surface area contributed by atoms with Crippen LogP contribution in [0.15, 0.2) is 24.5 Å². The summed E-state index contributed by atoms with van der Waals surface area (Å²) in [6.07, 6.45) is 2.44. The standard InChI is InChI=1S/C19H24F2N6O/c1-5-8-26(11-28)19-23-17(16-18(24-19)27(10-22-16)12(2)3)25(4)15-9-13(20)6-7-14(15)21/h6-7,9-10,12,28H,5,8,11H2,1-4H3. The Labute approximate surface area is 162 Å². The van der Waals surface area contributed by atoms with Gasteiger partial charge in [-0.05, 0) is 32.4 Å². The summed E-state index contributed by atoms with van der Waals surface area (Å²) in [4.78, 5) is 16.6. The number of aliphatic hydroxyl groups excluding tert-OH is 1. The van der Waals surface area contributed by atoms with Crippen molar-refractivity contribution in [3.63, 3.8) is 0 Å². The number of aliphatic hydroxyl groups is 1. The lowest BCUT2D eigenvalue weighted by molar-refractivity contribution is 0.288. The van der Waals surface area contributed by atoms with Crippen molar-refractivity contribution >= 4 is 28.6 Å². The van der Waals surface area contributed by atoms with Crippen LogP contribution < -0.4 is 9.80 Å². The lowest BCUT2D eigenvalue weighted by Crippen LogP contribution is -2.28. The molecule has 0 unspecified atom stereocenters. The van der Waals surface area contributed by atoms with Crippen molar-refractivity contribution in [3.8, 4) is 0 Å². The van der Waals surface area contributed by atoms with Gasteiger partial charge in [-0.25, -0.2) is 13.8 Å². The van der Waals surface area contributed by atoms with Gasteiger partial charge in [-0.3, -0.25) is 0 Å². The van der Waals surface area contributed by atoms with Crippen LogP contribution in [0.3, 0.4) is 0 Å². The molecule has 2 aromatic heterocycles. The molecule has 2 heterocycles. The quantitative estimate of drug-likeness (QED) is 0.622. The smallest absolute Gasteiger partial charge is 0.231 e. The molecule has 0 aliphatic carbocycles. The summed E-state index contributed by atoms with van der Waals surface area (Å²) in [6, 6.07) is 3.34.